The van der Waals surface area contributed by atoms with Crippen molar-refractivity contribution in [2.75, 3.05) is 25.1 Å². The minimum Gasteiger partial charge on any atom is -0.383 e. The first kappa shape index (κ1) is 13.0. The first-order valence-corrected chi connectivity index (χ1v) is 5.82. The highest BCUT2D eigenvalue weighted by atomic mass is 19.1. The average molecular weight is 225 g/mol. The van der Waals surface area contributed by atoms with E-state index in [1.165, 1.54) is 12.1 Å². The van der Waals surface area contributed by atoms with Crippen molar-refractivity contribution in [2.45, 2.75) is 26.7 Å². The van der Waals surface area contributed by atoms with E-state index < -0.39 is 0 Å². The van der Waals surface area contributed by atoms with E-state index in [0.717, 1.165) is 37.2 Å². The van der Waals surface area contributed by atoms with Gasteiger partial charge >= 0.3 is 0 Å². The van der Waals surface area contributed by atoms with Gasteiger partial charge < -0.3 is 10.1 Å². The summed E-state index contributed by atoms with van der Waals surface area (Å²) in [5.41, 5.74) is 1.90. The highest BCUT2D eigenvalue weighted by molar-refractivity contribution is 5.50. The number of hydrogen-bond donors (Lipinski definition) is 1. The van der Waals surface area contributed by atoms with Crippen LogP contribution in [0.5, 0.6) is 0 Å². The largest absolute Gasteiger partial charge is 0.383 e. The maximum absolute atomic E-state index is 12.8. The molecule has 0 aliphatic rings. The summed E-state index contributed by atoms with van der Waals surface area (Å²) in [4.78, 5) is 0. The molecule has 0 atom stereocenters. The number of rotatable bonds is 7. The first-order valence-electron chi connectivity index (χ1n) is 5.82. The van der Waals surface area contributed by atoms with Crippen molar-refractivity contribution in [3.8, 4) is 0 Å². The molecule has 1 aromatic rings. The Labute approximate surface area is 96.8 Å². The monoisotopic (exact) mass is 225 g/mol. The van der Waals surface area contributed by atoms with Crippen LogP contribution in [0.2, 0.25) is 0 Å². The topological polar surface area (TPSA) is 21.3 Å². The predicted molar refractivity (Wildman–Crippen MR) is 65.4 cm³/mol. The Bertz CT molecular complexity index is 315. The van der Waals surface area contributed by atoms with E-state index in [2.05, 4.69) is 12.2 Å². The van der Waals surface area contributed by atoms with Crippen LogP contribution in [0.15, 0.2) is 18.2 Å². The number of benzene rings is 1. The lowest BCUT2D eigenvalue weighted by atomic mass is 10.2. The Morgan fingerprint density at radius 1 is 1.31 bits per heavy atom. The molecule has 90 valence electrons. The van der Waals surface area contributed by atoms with Gasteiger partial charge in [0.15, 0.2) is 0 Å². The molecule has 1 N–H and O–H groups in total. The van der Waals surface area contributed by atoms with Gasteiger partial charge in [0.2, 0.25) is 0 Å². The van der Waals surface area contributed by atoms with E-state index in [-0.39, 0.29) is 5.82 Å². The summed E-state index contributed by atoms with van der Waals surface area (Å²) in [7, 11) is 0. The molecule has 0 spiro atoms. The third kappa shape index (κ3) is 4.62. The molecule has 0 amide bonds. The third-order valence-corrected chi connectivity index (χ3v) is 2.39. The number of halogens is 1. The standard InChI is InChI=1S/C13H20FNO/c1-3-4-8-16-9-7-15-13-6-5-12(14)10-11(13)2/h5-6,10,15H,3-4,7-9H2,1-2H3. The van der Waals surface area contributed by atoms with Gasteiger partial charge in [-0.25, -0.2) is 4.39 Å². The number of anilines is 1. The molecule has 3 heteroatoms. The molecular formula is C13H20FNO. The van der Waals surface area contributed by atoms with Crippen LogP contribution in [0.3, 0.4) is 0 Å². The number of aryl methyl sites for hydroxylation is 1. The zero-order valence-corrected chi connectivity index (χ0v) is 10.1. The van der Waals surface area contributed by atoms with Gasteiger partial charge in [0.1, 0.15) is 5.82 Å². The summed E-state index contributed by atoms with van der Waals surface area (Å²) in [6.07, 6.45) is 2.26. The molecule has 0 radical (unpaired) electrons. The van der Waals surface area contributed by atoms with Gasteiger partial charge in [-0.05, 0) is 37.1 Å². The molecule has 0 aliphatic heterocycles. The van der Waals surface area contributed by atoms with Crippen LogP contribution in [-0.4, -0.2) is 19.8 Å². The van der Waals surface area contributed by atoms with Crippen molar-refractivity contribution in [2.24, 2.45) is 0 Å². The lowest BCUT2D eigenvalue weighted by molar-refractivity contribution is 0.141. The highest BCUT2D eigenvalue weighted by Gasteiger charge is 1.98. The van der Waals surface area contributed by atoms with Gasteiger partial charge in [0.25, 0.3) is 0 Å². The lowest BCUT2D eigenvalue weighted by Gasteiger charge is -2.09. The summed E-state index contributed by atoms with van der Waals surface area (Å²) >= 11 is 0. The normalized spacial score (nSPS) is 10.4. The molecule has 0 unspecified atom stereocenters. The second-order valence-electron chi connectivity index (χ2n) is 3.85. The quantitative estimate of drug-likeness (QED) is 0.718. The van der Waals surface area contributed by atoms with Crippen molar-refractivity contribution in [3.63, 3.8) is 0 Å². The molecule has 0 fully saturated rings. The Kier molecular flexibility index (Phi) is 5.86. The van der Waals surface area contributed by atoms with Crippen molar-refractivity contribution in [1.29, 1.82) is 0 Å². The molecule has 16 heavy (non-hydrogen) atoms. The Morgan fingerprint density at radius 3 is 2.81 bits per heavy atom. The summed E-state index contributed by atoms with van der Waals surface area (Å²) in [5, 5.41) is 3.23. The number of hydrogen-bond acceptors (Lipinski definition) is 2. The van der Waals surface area contributed by atoms with E-state index in [1.807, 2.05) is 6.92 Å². The van der Waals surface area contributed by atoms with Gasteiger partial charge in [0, 0.05) is 18.8 Å². The van der Waals surface area contributed by atoms with Crippen LogP contribution in [-0.2, 0) is 4.74 Å². The minimum atomic E-state index is -0.192. The number of nitrogens with one attached hydrogen (secondary N) is 1. The van der Waals surface area contributed by atoms with Crippen molar-refractivity contribution in [3.05, 3.63) is 29.6 Å². The van der Waals surface area contributed by atoms with Crippen LogP contribution in [0, 0.1) is 12.7 Å². The average Bonchev–Trinajstić information content (AvgIpc) is 2.26. The molecule has 0 saturated carbocycles. The first-order chi connectivity index (χ1) is 7.74. The van der Waals surface area contributed by atoms with E-state index in [0.29, 0.717) is 6.61 Å². The summed E-state index contributed by atoms with van der Waals surface area (Å²) in [5.74, 6) is -0.192. The number of unbranched alkanes of at least 4 members (excludes halogenated alkanes) is 1. The molecule has 0 aromatic heterocycles. The van der Waals surface area contributed by atoms with Crippen LogP contribution in [0.25, 0.3) is 0 Å². The van der Waals surface area contributed by atoms with Crippen LogP contribution in [0.4, 0.5) is 10.1 Å². The Morgan fingerprint density at radius 2 is 2.12 bits per heavy atom. The van der Waals surface area contributed by atoms with Crippen LogP contribution < -0.4 is 5.32 Å². The smallest absolute Gasteiger partial charge is 0.123 e. The maximum Gasteiger partial charge on any atom is 0.123 e. The van der Waals surface area contributed by atoms with Gasteiger partial charge in [-0.3, -0.25) is 0 Å². The van der Waals surface area contributed by atoms with Crippen molar-refractivity contribution < 1.29 is 9.13 Å². The van der Waals surface area contributed by atoms with E-state index in [4.69, 9.17) is 4.74 Å². The summed E-state index contributed by atoms with van der Waals surface area (Å²) in [6, 6.07) is 4.75. The second kappa shape index (κ2) is 7.23. The fourth-order valence-corrected chi connectivity index (χ4v) is 1.43. The van der Waals surface area contributed by atoms with E-state index in [9.17, 15) is 4.39 Å². The summed E-state index contributed by atoms with van der Waals surface area (Å²) < 4.78 is 18.2. The van der Waals surface area contributed by atoms with Gasteiger partial charge in [-0.2, -0.15) is 0 Å². The molecule has 0 heterocycles. The van der Waals surface area contributed by atoms with Crippen molar-refractivity contribution >= 4 is 5.69 Å². The molecule has 1 rings (SSSR count). The molecule has 0 aliphatic carbocycles. The third-order valence-electron chi connectivity index (χ3n) is 2.39. The lowest BCUT2D eigenvalue weighted by Crippen LogP contribution is -2.10. The fourth-order valence-electron chi connectivity index (χ4n) is 1.43. The molecule has 0 bridgehead atoms. The molecule has 0 saturated heterocycles. The number of ether oxygens (including phenoxy) is 1. The minimum absolute atomic E-state index is 0.192. The summed E-state index contributed by atoms with van der Waals surface area (Å²) in [6.45, 7) is 6.31. The SMILES string of the molecule is CCCCOCCNc1ccc(F)cc1C. The second-order valence-corrected chi connectivity index (χ2v) is 3.85. The Balaban J connectivity index is 2.21. The predicted octanol–water partition coefficient (Wildman–Crippen LogP) is 3.36. The van der Waals surface area contributed by atoms with Gasteiger partial charge in [-0.15, -0.1) is 0 Å². The van der Waals surface area contributed by atoms with Crippen molar-refractivity contribution in [1.82, 2.24) is 0 Å². The molecular weight excluding hydrogens is 205 g/mol. The van der Waals surface area contributed by atoms with Crippen LogP contribution in [0.1, 0.15) is 25.3 Å². The van der Waals surface area contributed by atoms with E-state index >= 15 is 0 Å². The zero-order chi connectivity index (χ0) is 11.8. The fraction of sp³-hybridized carbons (Fsp3) is 0.538. The zero-order valence-electron chi connectivity index (χ0n) is 10.1. The molecule has 2 nitrogen and oxygen atoms in total. The van der Waals surface area contributed by atoms with Gasteiger partial charge in [-0.1, -0.05) is 13.3 Å². The Hall–Kier alpha value is -1.09. The van der Waals surface area contributed by atoms with Crippen LogP contribution >= 0.6 is 0 Å². The maximum atomic E-state index is 12.8. The molecule has 1 aromatic carbocycles. The van der Waals surface area contributed by atoms with E-state index in [1.54, 1.807) is 6.07 Å². The highest BCUT2D eigenvalue weighted by Crippen LogP contribution is 2.14. The van der Waals surface area contributed by atoms with Gasteiger partial charge in [0.05, 0.1) is 6.61 Å².